The van der Waals surface area contributed by atoms with Gasteiger partial charge in [0.1, 0.15) is 0 Å². The maximum Gasteiger partial charge on any atom is 0.407 e. The fourth-order valence-corrected chi connectivity index (χ4v) is 4.49. The molecule has 0 saturated carbocycles. The van der Waals surface area contributed by atoms with Crippen molar-refractivity contribution in [3.05, 3.63) is 53.6 Å². The third kappa shape index (κ3) is 2.99. The van der Waals surface area contributed by atoms with Gasteiger partial charge in [0.05, 0.1) is 17.4 Å². The molecular formula is C22H25N3O3. The number of para-hydroxylation sites is 3. The summed E-state index contributed by atoms with van der Waals surface area (Å²) < 4.78 is 0. The molecule has 1 unspecified atom stereocenters. The number of rotatable bonds is 4. The molecule has 2 aliphatic rings. The Morgan fingerprint density at radius 2 is 1.89 bits per heavy atom. The van der Waals surface area contributed by atoms with Crippen LogP contribution in [0.25, 0.3) is 0 Å². The zero-order valence-electron chi connectivity index (χ0n) is 16.3. The second-order valence-electron chi connectivity index (χ2n) is 7.50. The van der Waals surface area contributed by atoms with Crippen molar-refractivity contribution >= 4 is 29.1 Å². The topological polar surface area (TPSA) is 64.1 Å². The smallest absolute Gasteiger partial charge is 0.407 e. The highest BCUT2D eigenvalue weighted by molar-refractivity contribution is 5.99. The third-order valence-electron chi connectivity index (χ3n) is 5.77. The van der Waals surface area contributed by atoms with Crippen molar-refractivity contribution in [1.29, 1.82) is 0 Å². The van der Waals surface area contributed by atoms with E-state index in [4.69, 9.17) is 5.11 Å². The normalized spacial score (nSPS) is 17.0. The lowest BCUT2D eigenvalue weighted by Crippen LogP contribution is -2.34. The first kappa shape index (κ1) is 18.3. The van der Waals surface area contributed by atoms with Crippen LogP contribution in [0.1, 0.15) is 36.9 Å². The van der Waals surface area contributed by atoms with Gasteiger partial charge in [0.2, 0.25) is 5.91 Å². The summed E-state index contributed by atoms with van der Waals surface area (Å²) in [5, 5.41) is 9.13. The molecule has 6 heteroatoms. The lowest BCUT2D eigenvalue weighted by molar-refractivity contribution is -0.117. The Morgan fingerprint density at radius 1 is 1.14 bits per heavy atom. The van der Waals surface area contributed by atoms with Crippen molar-refractivity contribution in [2.45, 2.75) is 32.2 Å². The minimum Gasteiger partial charge on any atom is -0.465 e. The Bertz CT molecular complexity index is 927. The molecule has 4 rings (SSSR count). The van der Waals surface area contributed by atoms with Crippen LogP contribution in [0.3, 0.4) is 0 Å². The van der Waals surface area contributed by atoms with Crippen LogP contribution in [-0.4, -0.2) is 42.1 Å². The van der Waals surface area contributed by atoms with Crippen LogP contribution in [0.5, 0.6) is 0 Å². The molecule has 0 bridgehead atoms. The van der Waals surface area contributed by atoms with E-state index in [1.54, 1.807) is 14.0 Å². The van der Waals surface area contributed by atoms with Gasteiger partial charge in [-0.2, -0.15) is 0 Å². The van der Waals surface area contributed by atoms with Crippen molar-refractivity contribution in [1.82, 2.24) is 4.90 Å². The van der Waals surface area contributed by atoms with Gasteiger partial charge in [0.15, 0.2) is 0 Å². The molecule has 2 aromatic carbocycles. The van der Waals surface area contributed by atoms with Gasteiger partial charge in [0, 0.05) is 32.7 Å². The number of nitrogens with zero attached hydrogens (tertiary/aromatic N) is 3. The van der Waals surface area contributed by atoms with E-state index in [1.807, 2.05) is 23.1 Å². The lowest BCUT2D eigenvalue weighted by atomic mass is 9.96. The molecule has 0 radical (unpaired) electrons. The number of amides is 2. The van der Waals surface area contributed by atoms with Crippen LogP contribution in [0.2, 0.25) is 0 Å². The Morgan fingerprint density at radius 3 is 2.61 bits per heavy atom. The summed E-state index contributed by atoms with van der Waals surface area (Å²) in [5.74, 6) is 0.00261. The van der Waals surface area contributed by atoms with E-state index >= 15 is 0 Å². The highest BCUT2D eigenvalue weighted by Gasteiger charge is 2.37. The van der Waals surface area contributed by atoms with Crippen molar-refractivity contribution in [3.63, 3.8) is 0 Å². The van der Waals surface area contributed by atoms with Crippen LogP contribution in [0.4, 0.5) is 21.9 Å². The van der Waals surface area contributed by atoms with Gasteiger partial charge >= 0.3 is 6.09 Å². The molecule has 0 aliphatic carbocycles. The molecule has 2 aromatic rings. The lowest BCUT2D eigenvalue weighted by Gasteiger charge is -2.31. The second-order valence-corrected chi connectivity index (χ2v) is 7.50. The van der Waals surface area contributed by atoms with Crippen LogP contribution < -0.4 is 9.80 Å². The minimum absolute atomic E-state index is 0.00261. The number of benzene rings is 2. The Hall–Kier alpha value is -3.02. The summed E-state index contributed by atoms with van der Waals surface area (Å²) in [7, 11) is 1.58. The fourth-order valence-electron chi connectivity index (χ4n) is 4.49. The standard InChI is InChI=1S/C22H25N3O3/c1-15(26)25-18(11-6-13-23(2)22(27)28)17-8-5-7-16-12-14-24(21(16)17)19-9-3-4-10-20(19)25/h3-5,7-10,18H,6,11-14H2,1-2H3,(H,27,28). The number of anilines is 3. The monoisotopic (exact) mass is 379 g/mol. The van der Waals surface area contributed by atoms with Gasteiger partial charge in [-0.1, -0.05) is 30.3 Å². The Balaban J connectivity index is 1.79. The van der Waals surface area contributed by atoms with Crippen LogP contribution in [-0.2, 0) is 11.2 Å². The van der Waals surface area contributed by atoms with E-state index in [9.17, 15) is 9.59 Å². The number of carbonyl (C=O) groups is 2. The van der Waals surface area contributed by atoms with Gasteiger partial charge in [-0.25, -0.2) is 4.79 Å². The number of carbonyl (C=O) groups excluding carboxylic acids is 1. The number of hydrogen-bond acceptors (Lipinski definition) is 3. The maximum atomic E-state index is 12.8. The zero-order chi connectivity index (χ0) is 19.8. The molecule has 2 amide bonds. The van der Waals surface area contributed by atoms with E-state index in [-0.39, 0.29) is 11.9 Å². The number of hydrogen-bond donors (Lipinski definition) is 1. The molecule has 1 atom stereocenters. The van der Waals surface area contributed by atoms with Gasteiger partial charge < -0.3 is 19.8 Å². The number of fused-ring (bicyclic) bond motifs is 2. The van der Waals surface area contributed by atoms with Gasteiger partial charge in [-0.3, -0.25) is 4.79 Å². The summed E-state index contributed by atoms with van der Waals surface area (Å²) in [6, 6.07) is 14.3. The molecule has 146 valence electrons. The minimum atomic E-state index is -0.929. The molecule has 2 aliphatic heterocycles. The average Bonchev–Trinajstić information content (AvgIpc) is 3.06. The second kappa shape index (κ2) is 7.19. The molecule has 6 nitrogen and oxygen atoms in total. The zero-order valence-corrected chi connectivity index (χ0v) is 16.3. The van der Waals surface area contributed by atoms with E-state index in [1.165, 1.54) is 16.2 Å². The largest absolute Gasteiger partial charge is 0.465 e. The molecule has 0 aromatic heterocycles. The summed E-state index contributed by atoms with van der Waals surface area (Å²) in [6.07, 6.45) is 1.45. The Kier molecular flexibility index (Phi) is 4.71. The first-order chi connectivity index (χ1) is 13.5. The fraction of sp³-hybridized carbons (Fsp3) is 0.364. The summed E-state index contributed by atoms with van der Waals surface area (Å²) >= 11 is 0. The first-order valence-electron chi connectivity index (χ1n) is 9.71. The Labute approximate surface area is 165 Å². The predicted octanol–water partition coefficient (Wildman–Crippen LogP) is 4.18. The van der Waals surface area contributed by atoms with Crippen LogP contribution in [0, 0.1) is 0 Å². The summed E-state index contributed by atoms with van der Waals surface area (Å²) in [5.41, 5.74) is 5.67. The van der Waals surface area contributed by atoms with Crippen molar-refractivity contribution in [2.75, 3.05) is 29.9 Å². The SMILES string of the molecule is CC(=O)N1c2ccccc2N2CCc3cccc(c32)C1CCCN(C)C(=O)O. The van der Waals surface area contributed by atoms with Crippen molar-refractivity contribution in [2.24, 2.45) is 0 Å². The molecule has 2 heterocycles. The highest BCUT2D eigenvalue weighted by atomic mass is 16.4. The van der Waals surface area contributed by atoms with Gasteiger partial charge in [-0.05, 0) is 42.5 Å². The molecule has 0 saturated heterocycles. The first-order valence-corrected chi connectivity index (χ1v) is 9.71. The van der Waals surface area contributed by atoms with Gasteiger partial charge in [0.25, 0.3) is 0 Å². The maximum absolute atomic E-state index is 12.8. The van der Waals surface area contributed by atoms with Crippen molar-refractivity contribution < 1.29 is 14.7 Å². The van der Waals surface area contributed by atoms with E-state index in [2.05, 4.69) is 29.2 Å². The molecule has 0 spiro atoms. The average molecular weight is 379 g/mol. The van der Waals surface area contributed by atoms with E-state index < -0.39 is 6.09 Å². The predicted molar refractivity (Wildman–Crippen MR) is 109 cm³/mol. The molecule has 1 N–H and O–H groups in total. The highest BCUT2D eigenvalue weighted by Crippen LogP contribution is 2.50. The third-order valence-corrected chi connectivity index (χ3v) is 5.77. The van der Waals surface area contributed by atoms with E-state index in [0.717, 1.165) is 29.9 Å². The van der Waals surface area contributed by atoms with E-state index in [0.29, 0.717) is 19.4 Å². The molecule has 0 fully saturated rings. The summed E-state index contributed by atoms with van der Waals surface area (Å²) in [4.78, 5) is 29.4. The summed E-state index contributed by atoms with van der Waals surface area (Å²) in [6.45, 7) is 2.96. The van der Waals surface area contributed by atoms with Crippen molar-refractivity contribution in [3.8, 4) is 0 Å². The molecule has 28 heavy (non-hydrogen) atoms. The number of carboxylic acid groups (broad SMARTS) is 1. The van der Waals surface area contributed by atoms with Gasteiger partial charge in [-0.15, -0.1) is 0 Å². The van der Waals surface area contributed by atoms with Crippen LogP contribution >= 0.6 is 0 Å². The molecular weight excluding hydrogens is 354 g/mol. The quantitative estimate of drug-likeness (QED) is 0.866. The van der Waals surface area contributed by atoms with Crippen LogP contribution in [0.15, 0.2) is 42.5 Å².